The van der Waals surface area contributed by atoms with Crippen LogP contribution in [0.1, 0.15) is 22.2 Å². The Morgan fingerprint density at radius 3 is 1.44 bits per heavy atom. The second kappa shape index (κ2) is 8.77. The van der Waals surface area contributed by atoms with Crippen LogP contribution in [0.15, 0.2) is 133 Å². The van der Waals surface area contributed by atoms with Crippen LogP contribution in [0.4, 0.5) is 0 Å². The fraction of sp³-hybridized carbons (Fsp3) is 0.0303. The molecule has 6 rings (SSSR count). The predicted molar refractivity (Wildman–Crippen MR) is 147 cm³/mol. The molecule has 0 nitrogen and oxygen atoms in total. The summed E-state index contributed by atoms with van der Waals surface area (Å²) < 4.78 is 0. The van der Waals surface area contributed by atoms with E-state index in [2.05, 4.69) is 144 Å². The summed E-state index contributed by atoms with van der Waals surface area (Å²) in [6, 6.07) is 45.7. The summed E-state index contributed by atoms with van der Waals surface area (Å²) in [7, 11) is 4.12. The number of hydrogen-bond donors (Lipinski definition) is 0. The quantitative estimate of drug-likeness (QED) is 0.238. The largest absolute Gasteiger partial charge is 0.0720 e. The van der Waals surface area contributed by atoms with Crippen LogP contribution in [0, 0.1) is 0 Å². The van der Waals surface area contributed by atoms with Gasteiger partial charge in [-0.15, -0.1) is 0 Å². The van der Waals surface area contributed by atoms with Gasteiger partial charge >= 0.3 is 0 Å². The second-order valence-corrected chi connectivity index (χ2v) is 9.30. The Kier molecular flexibility index (Phi) is 5.33. The highest BCUT2D eigenvalue weighted by Gasteiger charge is 2.15. The Morgan fingerprint density at radius 1 is 0.471 bits per heavy atom. The van der Waals surface area contributed by atoms with Gasteiger partial charge in [0, 0.05) is 10.2 Å². The van der Waals surface area contributed by atoms with E-state index in [1.165, 1.54) is 54.6 Å². The average molecular weight is 448 g/mol. The van der Waals surface area contributed by atoms with Crippen molar-refractivity contribution >= 4 is 48.1 Å². The zero-order valence-electron chi connectivity index (χ0n) is 18.8. The van der Waals surface area contributed by atoms with Crippen molar-refractivity contribution in [3.63, 3.8) is 0 Å². The van der Waals surface area contributed by atoms with Gasteiger partial charge < -0.3 is 0 Å². The van der Waals surface area contributed by atoms with Gasteiger partial charge in [-0.3, -0.25) is 0 Å². The molecule has 1 heteroatoms. The smallest absolute Gasteiger partial charge is 0.0388 e. The van der Waals surface area contributed by atoms with Crippen LogP contribution >= 0.6 is 0 Å². The highest BCUT2D eigenvalue weighted by Crippen LogP contribution is 2.36. The lowest BCUT2D eigenvalue weighted by molar-refractivity contribution is 1.24. The second-order valence-electron chi connectivity index (χ2n) is 8.68. The standard InChI is InChI=1S/C33H23Si/c34-33(31-21-9-15-25-12-3-6-18-28(25)31)22-32(29-19-7-13-23-10-1-4-16-26(23)29)30-20-8-14-24-11-2-5-17-27(24)30/h1-22,33H. The van der Waals surface area contributed by atoms with Gasteiger partial charge in [0.05, 0.1) is 0 Å². The average Bonchev–Trinajstić information content (AvgIpc) is 2.91. The lowest BCUT2D eigenvalue weighted by Gasteiger charge is -2.18. The van der Waals surface area contributed by atoms with Crippen molar-refractivity contribution in [2.75, 3.05) is 0 Å². The molecule has 6 aromatic rings. The molecule has 1 atom stereocenters. The first-order valence-electron chi connectivity index (χ1n) is 11.7. The van der Waals surface area contributed by atoms with Crippen LogP contribution in [0.3, 0.4) is 0 Å². The fourth-order valence-corrected chi connectivity index (χ4v) is 5.44. The highest BCUT2D eigenvalue weighted by atomic mass is 28.1. The summed E-state index contributed by atoms with van der Waals surface area (Å²) in [6.07, 6.45) is 2.38. The molecule has 0 aliphatic rings. The third-order valence-electron chi connectivity index (χ3n) is 6.65. The van der Waals surface area contributed by atoms with E-state index in [9.17, 15) is 0 Å². The molecule has 34 heavy (non-hydrogen) atoms. The molecule has 0 heterocycles. The lowest BCUT2D eigenvalue weighted by atomic mass is 9.88. The molecule has 0 aliphatic heterocycles. The minimum atomic E-state index is 0.0547. The van der Waals surface area contributed by atoms with E-state index in [4.69, 9.17) is 0 Å². The molecule has 6 aromatic carbocycles. The summed E-state index contributed by atoms with van der Waals surface area (Å²) >= 11 is 0. The van der Waals surface area contributed by atoms with Crippen molar-refractivity contribution in [1.82, 2.24) is 0 Å². The molecule has 0 fully saturated rings. The molecule has 3 radical (unpaired) electrons. The molecular formula is C33H23Si. The van der Waals surface area contributed by atoms with E-state index in [1.807, 2.05) is 0 Å². The highest BCUT2D eigenvalue weighted by molar-refractivity contribution is 6.17. The van der Waals surface area contributed by atoms with Crippen molar-refractivity contribution < 1.29 is 0 Å². The predicted octanol–water partition coefficient (Wildman–Crippen LogP) is 8.49. The normalized spacial score (nSPS) is 12.1. The van der Waals surface area contributed by atoms with Gasteiger partial charge in [0.1, 0.15) is 0 Å². The maximum absolute atomic E-state index is 4.12. The molecule has 0 saturated heterocycles. The van der Waals surface area contributed by atoms with Gasteiger partial charge in [-0.25, -0.2) is 0 Å². The maximum atomic E-state index is 4.12. The SMILES string of the molecule is [Si]C(C=C(c1cccc2ccccc12)c1cccc2ccccc12)c1cccc2ccccc12. The Bertz CT molecular complexity index is 1580. The molecule has 0 aliphatic carbocycles. The van der Waals surface area contributed by atoms with Crippen LogP contribution < -0.4 is 0 Å². The molecule has 0 bridgehead atoms. The number of allylic oxidation sites excluding steroid dienone is 1. The van der Waals surface area contributed by atoms with E-state index in [0.717, 1.165) is 0 Å². The lowest BCUT2D eigenvalue weighted by Crippen LogP contribution is -2.00. The Morgan fingerprint density at radius 2 is 0.882 bits per heavy atom. The minimum Gasteiger partial charge on any atom is -0.0720 e. The van der Waals surface area contributed by atoms with Crippen molar-refractivity contribution in [3.05, 3.63) is 150 Å². The van der Waals surface area contributed by atoms with E-state index < -0.39 is 0 Å². The molecule has 0 amide bonds. The maximum Gasteiger partial charge on any atom is 0.0388 e. The minimum absolute atomic E-state index is 0.0547. The fourth-order valence-electron chi connectivity index (χ4n) is 5.02. The van der Waals surface area contributed by atoms with E-state index in [-0.39, 0.29) is 5.54 Å². The molecular weight excluding hydrogens is 424 g/mol. The summed E-state index contributed by atoms with van der Waals surface area (Å²) in [5.41, 5.74) is 5.06. The molecule has 0 aromatic heterocycles. The van der Waals surface area contributed by atoms with Gasteiger partial charge in [0.2, 0.25) is 0 Å². The van der Waals surface area contributed by atoms with Gasteiger partial charge in [-0.05, 0) is 60.1 Å². The van der Waals surface area contributed by atoms with Crippen molar-refractivity contribution in [2.45, 2.75) is 5.54 Å². The monoisotopic (exact) mass is 447 g/mol. The van der Waals surface area contributed by atoms with Crippen LogP contribution in [0.5, 0.6) is 0 Å². The molecule has 1 unspecified atom stereocenters. The van der Waals surface area contributed by atoms with E-state index in [0.29, 0.717) is 0 Å². The van der Waals surface area contributed by atoms with Gasteiger partial charge in [0.15, 0.2) is 0 Å². The van der Waals surface area contributed by atoms with Gasteiger partial charge in [-0.2, -0.15) is 0 Å². The van der Waals surface area contributed by atoms with E-state index >= 15 is 0 Å². The summed E-state index contributed by atoms with van der Waals surface area (Å²) in [4.78, 5) is 0. The van der Waals surface area contributed by atoms with Crippen molar-refractivity contribution in [1.29, 1.82) is 0 Å². The van der Waals surface area contributed by atoms with Crippen LogP contribution in [-0.2, 0) is 0 Å². The van der Waals surface area contributed by atoms with E-state index in [1.54, 1.807) is 0 Å². The first-order valence-corrected chi connectivity index (χ1v) is 12.2. The Labute approximate surface area is 203 Å². The zero-order valence-corrected chi connectivity index (χ0v) is 19.8. The topological polar surface area (TPSA) is 0 Å². The summed E-state index contributed by atoms with van der Waals surface area (Å²) in [5, 5.41) is 7.57. The Balaban J connectivity index is 1.63. The van der Waals surface area contributed by atoms with Crippen LogP contribution in [0.2, 0.25) is 0 Å². The summed E-state index contributed by atoms with van der Waals surface area (Å²) in [5.74, 6) is 0. The third kappa shape index (κ3) is 3.65. The number of hydrogen-bond acceptors (Lipinski definition) is 0. The first-order chi connectivity index (χ1) is 16.8. The van der Waals surface area contributed by atoms with Crippen LogP contribution in [-0.4, -0.2) is 10.2 Å². The van der Waals surface area contributed by atoms with Crippen LogP contribution in [0.25, 0.3) is 37.9 Å². The molecule has 159 valence electrons. The Hall–Kier alpha value is -3.94. The van der Waals surface area contributed by atoms with Gasteiger partial charge in [-0.1, -0.05) is 133 Å². The van der Waals surface area contributed by atoms with Gasteiger partial charge in [0.25, 0.3) is 0 Å². The molecule has 0 spiro atoms. The number of fused-ring (bicyclic) bond motifs is 3. The molecule has 0 saturated carbocycles. The zero-order chi connectivity index (χ0) is 22.9. The van der Waals surface area contributed by atoms with Crippen molar-refractivity contribution in [2.24, 2.45) is 0 Å². The first kappa shape index (κ1) is 20.6. The number of rotatable bonds is 4. The third-order valence-corrected chi connectivity index (χ3v) is 7.13. The molecule has 0 N–H and O–H groups in total. The van der Waals surface area contributed by atoms with Crippen molar-refractivity contribution in [3.8, 4) is 0 Å². The number of benzene rings is 6. The summed E-state index contributed by atoms with van der Waals surface area (Å²) in [6.45, 7) is 0.